The van der Waals surface area contributed by atoms with E-state index in [0.29, 0.717) is 0 Å². The van der Waals surface area contributed by atoms with Crippen LogP contribution in [-0.2, 0) is 11.2 Å². The van der Waals surface area contributed by atoms with Gasteiger partial charge in [-0.2, -0.15) is 5.26 Å². The van der Waals surface area contributed by atoms with Gasteiger partial charge in [-0.05, 0) is 17.7 Å². The highest BCUT2D eigenvalue weighted by Gasteiger charge is 2.14. The topological polar surface area (TPSA) is 87.1 Å². The van der Waals surface area contributed by atoms with Crippen molar-refractivity contribution in [3.05, 3.63) is 35.1 Å². The third kappa shape index (κ3) is 2.76. The molecule has 1 aromatic rings. The summed E-state index contributed by atoms with van der Waals surface area (Å²) in [5.74, 6) is -1.79. The number of rotatable bonds is 3. The number of carboxylic acid groups (broad SMARTS) is 1. The smallest absolute Gasteiger partial charge is 0.320 e. The lowest BCUT2D eigenvalue weighted by Gasteiger charge is -2.07. The van der Waals surface area contributed by atoms with Gasteiger partial charge in [-0.15, -0.1) is 0 Å². The lowest BCUT2D eigenvalue weighted by molar-refractivity contribution is -0.138. The summed E-state index contributed by atoms with van der Waals surface area (Å²) in [6.07, 6.45) is -0.0904. The lowest BCUT2D eigenvalue weighted by atomic mass is 10.0. The van der Waals surface area contributed by atoms with Crippen LogP contribution in [0.1, 0.15) is 11.1 Å². The molecule has 0 radical (unpaired) electrons. The molecule has 0 saturated heterocycles. The highest BCUT2D eigenvalue weighted by atomic mass is 19.1. The molecule has 1 aromatic carbocycles. The van der Waals surface area contributed by atoms with E-state index in [0.717, 1.165) is 6.07 Å². The van der Waals surface area contributed by atoms with Gasteiger partial charge in [0.25, 0.3) is 0 Å². The van der Waals surface area contributed by atoms with Crippen molar-refractivity contribution in [1.29, 1.82) is 5.26 Å². The van der Waals surface area contributed by atoms with E-state index < -0.39 is 17.8 Å². The Morgan fingerprint density at radius 1 is 1.67 bits per heavy atom. The Kier molecular flexibility index (Phi) is 3.37. The molecule has 0 amide bonds. The van der Waals surface area contributed by atoms with Gasteiger partial charge in [0, 0.05) is 6.42 Å². The number of hydrogen-bond donors (Lipinski definition) is 2. The van der Waals surface area contributed by atoms with Crippen LogP contribution in [0.15, 0.2) is 18.2 Å². The molecule has 0 aromatic heterocycles. The molecule has 0 aliphatic heterocycles. The van der Waals surface area contributed by atoms with Crippen LogP contribution in [0, 0.1) is 17.1 Å². The zero-order valence-corrected chi connectivity index (χ0v) is 7.77. The summed E-state index contributed by atoms with van der Waals surface area (Å²) >= 11 is 0. The van der Waals surface area contributed by atoms with E-state index >= 15 is 0 Å². The first-order valence-corrected chi connectivity index (χ1v) is 4.21. The van der Waals surface area contributed by atoms with Gasteiger partial charge in [-0.25, -0.2) is 4.39 Å². The molecular weight excluding hydrogens is 199 g/mol. The number of aliphatic carboxylic acids is 1. The monoisotopic (exact) mass is 208 g/mol. The lowest BCUT2D eigenvalue weighted by Crippen LogP contribution is -2.32. The molecule has 78 valence electrons. The molecule has 3 N–H and O–H groups in total. The normalized spacial score (nSPS) is 11.8. The molecule has 0 fully saturated rings. The first-order chi connectivity index (χ1) is 7.04. The third-order valence-corrected chi connectivity index (χ3v) is 1.94. The average Bonchev–Trinajstić information content (AvgIpc) is 2.20. The van der Waals surface area contributed by atoms with Gasteiger partial charge < -0.3 is 10.8 Å². The maximum Gasteiger partial charge on any atom is 0.320 e. The molecule has 0 spiro atoms. The van der Waals surface area contributed by atoms with Crippen LogP contribution in [0.2, 0.25) is 0 Å². The van der Waals surface area contributed by atoms with Crippen LogP contribution in [0.25, 0.3) is 0 Å². The van der Waals surface area contributed by atoms with Gasteiger partial charge >= 0.3 is 5.97 Å². The van der Waals surface area contributed by atoms with Crippen molar-refractivity contribution >= 4 is 5.97 Å². The van der Waals surface area contributed by atoms with Crippen LogP contribution in [0.4, 0.5) is 4.39 Å². The molecule has 5 heteroatoms. The number of nitriles is 1. The molecule has 15 heavy (non-hydrogen) atoms. The Balaban J connectivity index is 2.88. The van der Waals surface area contributed by atoms with Crippen LogP contribution in [-0.4, -0.2) is 17.1 Å². The zero-order valence-electron chi connectivity index (χ0n) is 7.77. The molecule has 0 aliphatic carbocycles. The Bertz CT molecular complexity index is 426. The summed E-state index contributed by atoms with van der Waals surface area (Å²) in [5.41, 5.74) is 5.65. The van der Waals surface area contributed by atoms with Crippen LogP contribution < -0.4 is 5.73 Å². The maximum absolute atomic E-state index is 13.3. The molecule has 4 nitrogen and oxygen atoms in total. The van der Waals surface area contributed by atoms with E-state index in [1.807, 2.05) is 0 Å². The first-order valence-electron chi connectivity index (χ1n) is 4.21. The quantitative estimate of drug-likeness (QED) is 0.763. The van der Waals surface area contributed by atoms with Crippen molar-refractivity contribution in [2.45, 2.75) is 12.5 Å². The number of carboxylic acids is 1. The minimum Gasteiger partial charge on any atom is -0.480 e. The van der Waals surface area contributed by atoms with E-state index in [1.54, 1.807) is 6.07 Å². The third-order valence-electron chi connectivity index (χ3n) is 1.94. The van der Waals surface area contributed by atoms with Crippen LogP contribution >= 0.6 is 0 Å². The van der Waals surface area contributed by atoms with Gasteiger partial charge in [0.1, 0.15) is 11.9 Å². The number of halogens is 1. The van der Waals surface area contributed by atoms with Crippen molar-refractivity contribution in [2.75, 3.05) is 0 Å². The summed E-state index contributed by atoms with van der Waals surface area (Å²) < 4.78 is 13.3. The fourth-order valence-corrected chi connectivity index (χ4v) is 1.11. The summed E-state index contributed by atoms with van der Waals surface area (Å²) in [5, 5.41) is 17.0. The summed E-state index contributed by atoms with van der Waals surface area (Å²) in [6, 6.07) is 4.51. The highest BCUT2D eigenvalue weighted by molar-refractivity contribution is 5.73. The van der Waals surface area contributed by atoms with Crippen molar-refractivity contribution in [2.24, 2.45) is 5.73 Å². The van der Waals surface area contributed by atoms with Crippen molar-refractivity contribution in [3.8, 4) is 6.07 Å². The van der Waals surface area contributed by atoms with Crippen LogP contribution in [0.3, 0.4) is 0 Å². The second-order valence-corrected chi connectivity index (χ2v) is 3.07. The summed E-state index contributed by atoms with van der Waals surface area (Å²) in [6.45, 7) is 0. The average molecular weight is 208 g/mol. The Labute approximate surface area is 85.7 Å². The molecule has 0 heterocycles. The van der Waals surface area contributed by atoms with E-state index in [1.165, 1.54) is 12.1 Å². The Morgan fingerprint density at radius 2 is 2.33 bits per heavy atom. The molecular formula is C10H9FN2O2. The summed E-state index contributed by atoms with van der Waals surface area (Å²) in [4.78, 5) is 10.4. The van der Waals surface area contributed by atoms with Gasteiger partial charge in [-0.3, -0.25) is 4.79 Å². The fraction of sp³-hybridized carbons (Fsp3) is 0.200. The second kappa shape index (κ2) is 4.53. The molecule has 0 saturated carbocycles. The van der Waals surface area contributed by atoms with Gasteiger partial charge in [0.05, 0.1) is 11.6 Å². The second-order valence-electron chi connectivity index (χ2n) is 3.07. The predicted octanol–water partition coefficient (Wildman–Crippen LogP) is 0.652. The van der Waals surface area contributed by atoms with E-state index in [-0.39, 0.29) is 17.5 Å². The highest BCUT2D eigenvalue weighted by Crippen LogP contribution is 2.11. The molecule has 0 bridgehead atoms. The van der Waals surface area contributed by atoms with Crippen LogP contribution in [0.5, 0.6) is 0 Å². The Hall–Kier alpha value is -1.93. The van der Waals surface area contributed by atoms with Gasteiger partial charge in [0.15, 0.2) is 0 Å². The van der Waals surface area contributed by atoms with Crippen molar-refractivity contribution < 1.29 is 14.3 Å². The number of hydrogen-bond acceptors (Lipinski definition) is 3. The standard InChI is InChI=1S/C10H9FN2O2/c11-8-3-6(5-12)1-2-7(8)4-9(13)10(14)15/h1-3,9H,4,13H2,(H,14,15)/t9-/m0/s1. The van der Waals surface area contributed by atoms with E-state index in [9.17, 15) is 9.18 Å². The summed E-state index contributed by atoms with van der Waals surface area (Å²) in [7, 11) is 0. The first kappa shape index (κ1) is 11.1. The fourth-order valence-electron chi connectivity index (χ4n) is 1.11. The minimum atomic E-state index is -1.18. The number of carbonyl (C=O) groups is 1. The largest absolute Gasteiger partial charge is 0.480 e. The molecule has 1 rings (SSSR count). The molecule has 0 unspecified atom stereocenters. The van der Waals surface area contributed by atoms with E-state index in [2.05, 4.69) is 0 Å². The van der Waals surface area contributed by atoms with Gasteiger partial charge in [0.2, 0.25) is 0 Å². The number of nitrogens with zero attached hydrogens (tertiary/aromatic N) is 1. The Morgan fingerprint density at radius 3 is 2.80 bits per heavy atom. The molecule has 0 aliphatic rings. The maximum atomic E-state index is 13.3. The van der Waals surface area contributed by atoms with E-state index in [4.69, 9.17) is 16.1 Å². The zero-order chi connectivity index (χ0) is 11.4. The van der Waals surface area contributed by atoms with Crippen molar-refractivity contribution in [1.82, 2.24) is 0 Å². The minimum absolute atomic E-state index is 0.0904. The SMILES string of the molecule is N#Cc1ccc(C[C@H](N)C(=O)O)c(F)c1. The van der Waals surface area contributed by atoms with Gasteiger partial charge in [-0.1, -0.05) is 6.07 Å². The van der Waals surface area contributed by atoms with Crippen molar-refractivity contribution in [3.63, 3.8) is 0 Å². The molecule has 1 atom stereocenters. The number of nitrogens with two attached hydrogens (primary N) is 1. The number of benzene rings is 1. The predicted molar refractivity (Wildman–Crippen MR) is 50.4 cm³/mol.